The zero-order valence-electron chi connectivity index (χ0n) is 62.0. The lowest BCUT2D eigenvalue weighted by atomic mass is 9.80. The highest BCUT2D eigenvalue weighted by Crippen LogP contribution is 2.48. The molecule has 2 saturated carbocycles. The number of allylic oxidation sites excluding steroid dienone is 2. The van der Waals surface area contributed by atoms with Gasteiger partial charge in [0, 0.05) is 64.5 Å². The number of nitrogens with one attached hydrogen (secondary N) is 3. The van der Waals surface area contributed by atoms with E-state index in [1.165, 1.54) is 0 Å². The minimum Gasteiger partial charge on any atom is -0.493 e. The third-order valence-corrected chi connectivity index (χ3v) is 22.3. The fourth-order valence-electron chi connectivity index (χ4n) is 16.8. The maximum atomic E-state index is 13.5. The Morgan fingerprint density at radius 2 is 0.750 bits per heavy atom. The molecule has 3 N–H and O–H groups in total. The van der Waals surface area contributed by atoms with E-state index in [-0.39, 0.29) is 104 Å². The summed E-state index contributed by atoms with van der Waals surface area (Å²) in [6.07, 6.45) is -1.54. The van der Waals surface area contributed by atoms with E-state index >= 15 is 0 Å². The number of carbonyl (C=O) groups excluding carboxylic acids is 3. The Hall–Kier alpha value is -9.56. The number of alkyl halides is 9. The average molecular weight is 1500 g/mol. The third kappa shape index (κ3) is 15.7. The van der Waals surface area contributed by atoms with Crippen LogP contribution in [0.5, 0.6) is 17.2 Å². The molecule has 0 spiro atoms. The second kappa shape index (κ2) is 31.2. The molecule has 15 rings (SSSR count). The lowest BCUT2D eigenvalue weighted by Gasteiger charge is -2.30. The Balaban J connectivity index is 0.000000143. The normalized spacial score (nSPS) is 21.6. The minimum atomic E-state index is -4.19. The molecular formula is C81H91F9N12O6. The Bertz CT molecular complexity index is 4650. The largest absolute Gasteiger partial charge is 0.493 e. The first-order valence-electron chi connectivity index (χ1n) is 37.6. The fourth-order valence-corrected chi connectivity index (χ4v) is 16.8. The van der Waals surface area contributed by atoms with Gasteiger partial charge in [0.1, 0.15) is 17.2 Å². The molecule has 1 unspecified atom stereocenters. The van der Waals surface area contributed by atoms with E-state index in [2.05, 4.69) is 31.2 Å². The number of hydrogen-bond acceptors (Lipinski definition) is 12. The van der Waals surface area contributed by atoms with Gasteiger partial charge < -0.3 is 30.2 Å². The average Bonchev–Trinajstić information content (AvgIpc) is 1.60. The molecule has 108 heavy (non-hydrogen) atoms. The van der Waals surface area contributed by atoms with Gasteiger partial charge in [-0.2, -0.15) is 54.8 Å². The molecule has 6 aromatic heterocycles. The summed E-state index contributed by atoms with van der Waals surface area (Å²) in [6, 6.07) is 22.6. The van der Waals surface area contributed by atoms with Crippen molar-refractivity contribution in [2.75, 3.05) is 19.8 Å². The highest BCUT2D eigenvalue weighted by Gasteiger charge is 2.45. The molecule has 4 atom stereocenters. The number of imidazole rings is 3. The van der Waals surface area contributed by atoms with Crippen LogP contribution in [-0.4, -0.2) is 99.9 Å². The van der Waals surface area contributed by atoms with Crippen LogP contribution < -0.4 is 30.2 Å². The summed E-state index contributed by atoms with van der Waals surface area (Å²) in [5.41, 5.74) is 13.8. The van der Waals surface area contributed by atoms with Crippen molar-refractivity contribution in [2.45, 2.75) is 218 Å². The number of ether oxygens (including phenoxy) is 3. The number of fused-ring (bicyclic) bond motifs is 6. The van der Waals surface area contributed by atoms with Crippen LogP contribution in [0, 0.1) is 38.5 Å². The molecule has 0 saturated heterocycles. The van der Waals surface area contributed by atoms with E-state index in [0.717, 1.165) is 84.7 Å². The quantitative estimate of drug-likeness (QED) is 0.0977. The first-order valence-corrected chi connectivity index (χ1v) is 37.6. The van der Waals surface area contributed by atoms with E-state index in [0.29, 0.717) is 111 Å². The van der Waals surface area contributed by atoms with Crippen LogP contribution in [0.1, 0.15) is 278 Å². The van der Waals surface area contributed by atoms with Crippen molar-refractivity contribution < 1.29 is 68.1 Å². The molecule has 9 aromatic rings. The first-order chi connectivity index (χ1) is 51.4. The second-order valence-electron chi connectivity index (χ2n) is 30.3. The number of halogens is 9. The number of aryl methyl sites for hydroxylation is 3. The molecule has 9 heterocycles. The van der Waals surface area contributed by atoms with Crippen LogP contribution in [0.4, 0.5) is 39.5 Å². The number of para-hydroxylation sites is 3. The molecule has 3 amide bonds. The van der Waals surface area contributed by atoms with Gasteiger partial charge in [-0.3, -0.25) is 14.4 Å². The van der Waals surface area contributed by atoms with E-state index in [1.807, 2.05) is 135 Å². The van der Waals surface area contributed by atoms with Crippen molar-refractivity contribution in [3.8, 4) is 17.2 Å². The van der Waals surface area contributed by atoms with Crippen molar-refractivity contribution in [2.24, 2.45) is 17.8 Å². The highest BCUT2D eigenvalue weighted by atomic mass is 19.4. The zero-order valence-corrected chi connectivity index (χ0v) is 62.0. The summed E-state index contributed by atoms with van der Waals surface area (Å²) < 4.78 is 141. The van der Waals surface area contributed by atoms with Gasteiger partial charge in [-0.05, 0) is 133 Å². The van der Waals surface area contributed by atoms with Crippen molar-refractivity contribution in [1.29, 1.82) is 0 Å². The molecule has 0 radical (unpaired) electrons. The summed E-state index contributed by atoms with van der Waals surface area (Å²) in [6.45, 7) is 19.2. The molecule has 3 aromatic carbocycles. The summed E-state index contributed by atoms with van der Waals surface area (Å²) in [7, 11) is 0. The Labute approximate surface area is 620 Å². The van der Waals surface area contributed by atoms with Crippen molar-refractivity contribution in [3.63, 3.8) is 0 Å². The molecule has 6 aliphatic rings. The Kier molecular flexibility index (Phi) is 22.1. The Morgan fingerprint density at radius 1 is 0.426 bits per heavy atom. The number of carbonyl (C=O) groups is 3. The highest BCUT2D eigenvalue weighted by molar-refractivity contribution is 5.99. The van der Waals surface area contributed by atoms with Gasteiger partial charge in [-0.25, -0.2) is 28.5 Å². The Morgan fingerprint density at radius 3 is 1.07 bits per heavy atom. The van der Waals surface area contributed by atoms with Crippen LogP contribution in [0.2, 0.25) is 0 Å². The van der Waals surface area contributed by atoms with Gasteiger partial charge in [-0.15, -0.1) is 0 Å². The zero-order chi connectivity index (χ0) is 76.8. The maximum Gasteiger partial charge on any atom is 0.392 e. The van der Waals surface area contributed by atoms with Crippen LogP contribution in [0.15, 0.2) is 97.5 Å². The number of nitrogens with zero attached hydrogens (tertiary/aromatic N) is 9. The van der Waals surface area contributed by atoms with E-state index in [9.17, 15) is 53.9 Å². The summed E-state index contributed by atoms with van der Waals surface area (Å²) in [5.74, 6) is -2.25. The first kappa shape index (κ1) is 76.6. The van der Waals surface area contributed by atoms with Crippen LogP contribution >= 0.6 is 0 Å². The van der Waals surface area contributed by atoms with Crippen LogP contribution in [0.25, 0.3) is 22.5 Å². The number of hydrogen-bond donors (Lipinski definition) is 3. The molecule has 3 aliphatic heterocycles. The van der Waals surface area contributed by atoms with E-state index < -0.39 is 36.3 Å². The molecule has 27 heteroatoms. The molecule has 0 bridgehead atoms. The van der Waals surface area contributed by atoms with Crippen molar-refractivity contribution in [1.82, 2.24) is 59.7 Å². The lowest BCUT2D eigenvalue weighted by molar-refractivity contribution is -0.183. The second-order valence-corrected chi connectivity index (χ2v) is 30.3. The molecule has 2 fully saturated rings. The minimum absolute atomic E-state index is 0.00570. The number of benzene rings is 3. The maximum absolute atomic E-state index is 13.5. The van der Waals surface area contributed by atoms with Gasteiger partial charge >= 0.3 is 18.5 Å². The molecule has 3 aliphatic carbocycles. The molecular weight excluding hydrogens is 1410 g/mol. The van der Waals surface area contributed by atoms with Gasteiger partial charge in [0.2, 0.25) is 0 Å². The molecule has 18 nitrogen and oxygen atoms in total. The smallest absolute Gasteiger partial charge is 0.392 e. The number of aromatic nitrogens is 9. The summed E-state index contributed by atoms with van der Waals surface area (Å²) in [5, 5.41) is 23.2. The standard InChI is InChI=1S/2C27H31F3N4O2.C27H29F3N4O2/c3*1-15(2)23-20(26(35)33-21-12-13-36-22-7-5-4-6-19(21)22)14-31-34-24(16(3)32-25(23)34)17-8-10-18(11-9-17)27(28,29)30/h2*4-7,14-15,17-18,21H,8-13H2,1-3H3,(H,33,35);4-8,14-15,18,21H,9-13H2,1-3H3,(H,33,35)/t2*17?,18?,21-;18?,21-/m000/s1. The fraction of sp³-hybridized carbons (Fsp3) is 0.494. The topological polar surface area (TPSA) is 206 Å². The summed E-state index contributed by atoms with van der Waals surface area (Å²) in [4.78, 5) is 54.7. The van der Waals surface area contributed by atoms with Crippen molar-refractivity contribution >= 4 is 40.2 Å². The number of amides is 3. The van der Waals surface area contributed by atoms with E-state index in [4.69, 9.17) is 29.2 Å². The van der Waals surface area contributed by atoms with Crippen LogP contribution in [0.3, 0.4) is 0 Å². The predicted octanol–water partition coefficient (Wildman–Crippen LogP) is 18.7. The van der Waals surface area contributed by atoms with Gasteiger partial charge in [0.15, 0.2) is 16.9 Å². The third-order valence-electron chi connectivity index (χ3n) is 22.3. The number of rotatable bonds is 12. The predicted molar refractivity (Wildman–Crippen MR) is 389 cm³/mol. The van der Waals surface area contributed by atoms with Gasteiger partial charge in [0.25, 0.3) is 17.7 Å². The SMILES string of the molecule is Cc1nc2c(C(C)C)c(C(=O)N[C@H]3CCOc4ccccc43)cnn2c1C1=CCC(C(F)(F)F)CC1.Cc1nc2c(C(C)C)c(C(=O)N[C@H]3CCOc4ccccc43)cnn2c1C1CCC(C(F)(F)F)CC1.Cc1nc2c(C(C)C)c(C(=O)N[C@H]3CCOc4ccccc43)cnn2c1C1CCC(C(F)(F)F)CC1. The lowest BCUT2D eigenvalue weighted by Crippen LogP contribution is -2.33. The van der Waals surface area contributed by atoms with Crippen molar-refractivity contribution in [3.05, 3.63) is 182 Å². The monoisotopic (exact) mass is 1500 g/mol. The van der Waals surface area contributed by atoms with Crippen LogP contribution in [-0.2, 0) is 0 Å². The van der Waals surface area contributed by atoms with Gasteiger partial charge in [-0.1, -0.05) is 102 Å². The van der Waals surface area contributed by atoms with E-state index in [1.54, 1.807) is 38.2 Å². The van der Waals surface area contributed by atoms with Gasteiger partial charge in [0.05, 0.1) is 125 Å². The molecule has 574 valence electrons. The summed E-state index contributed by atoms with van der Waals surface area (Å²) >= 11 is 0.